The summed E-state index contributed by atoms with van der Waals surface area (Å²) in [6, 6.07) is 2.13. The summed E-state index contributed by atoms with van der Waals surface area (Å²) in [6.45, 7) is 5.99. The first-order valence-electron chi connectivity index (χ1n) is 11.2. The zero-order valence-corrected chi connectivity index (χ0v) is 17.4. The molecule has 3 heterocycles. The number of ether oxygens (including phenoxy) is 1. The molecule has 0 atom stereocenters. The van der Waals surface area contributed by atoms with Crippen LogP contribution in [0.25, 0.3) is 11.3 Å². The second kappa shape index (κ2) is 6.29. The molecule has 0 unspecified atom stereocenters. The highest BCUT2D eigenvalue weighted by atomic mass is 16.5. The summed E-state index contributed by atoms with van der Waals surface area (Å²) >= 11 is 0. The lowest BCUT2D eigenvalue weighted by Crippen LogP contribution is -2.79. The summed E-state index contributed by atoms with van der Waals surface area (Å²) in [5.74, 6) is 2.54. The molecule has 2 N–H and O–H groups in total. The number of hydrogen-bond donors (Lipinski definition) is 1. The molecule has 2 bridgehead atoms. The molecule has 2 aromatic heterocycles. The Balaban J connectivity index is 1.32. The summed E-state index contributed by atoms with van der Waals surface area (Å²) in [4.78, 5) is 12.3. The van der Waals surface area contributed by atoms with Crippen molar-refractivity contribution in [2.45, 2.75) is 68.9 Å². The molecule has 4 aliphatic carbocycles. The van der Waals surface area contributed by atoms with E-state index in [-0.39, 0.29) is 5.54 Å². The van der Waals surface area contributed by atoms with Crippen LogP contribution in [0.15, 0.2) is 18.5 Å². The third kappa shape index (κ3) is 2.61. The Labute approximate surface area is 172 Å². The van der Waals surface area contributed by atoms with Gasteiger partial charge in [-0.15, -0.1) is 0 Å². The number of nitrogen functional groups attached to an aromatic ring is 1. The van der Waals surface area contributed by atoms with E-state index in [1.807, 2.05) is 13.1 Å². The summed E-state index contributed by atoms with van der Waals surface area (Å²) in [6.07, 6.45) is 13.2. The van der Waals surface area contributed by atoms with Gasteiger partial charge in [0.1, 0.15) is 11.6 Å². The molecule has 7 rings (SSSR count). The van der Waals surface area contributed by atoms with Crippen LogP contribution in [0.5, 0.6) is 0 Å². The van der Waals surface area contributed by atoms with Crippen LogP contribution in [0.4, 0.5) is 5.82 Å². The lowest BCUT2D eigenvalue weighted by molar-refractivity contribution is -0.221. The van der Waals surface area contributed by atoms with Gasteiger partial charge in [0.05, 0.1) is 24.4 Å². The monoisotopic (exact) mass is 393 g/mol. The van der Waals surface area contributed by atoms with Gasteiger partial charge >= 0.3 is 0 Å². The smallest absolute Gasteiger partial charge is 0.126 e. The van der Waals surface area contributed by atoms with Gasteiger partial charge < -0.3 is 15.0 Å². The summed E-state index contributed by atoms with van der Waals surface area (Å²) in [7, 11) is 0. The number of anilines is 1. The first-order chi connectivity index (χ1) is 14.1. The highest BCUT2D eigenvalue weighted by Crippen LogP contribution is 2.68. The first kappa shape index (κ1) is 17.9. The van der Waals surface area contributed by atoms with E-state index in [9.17, 15) is 0 Å². The summed E-state index contributed by atoms with van der Waals surface area (Å²) in [5, 5.41) is 0. The third-order valence-electron chi connectivity index (χ3n) is 8.04. The Morgan fingerprint density at radius 3 is 2.52 bits per heavy atom. The molecule has 5 fully saturated rings. The highest BCUT2D eigenvalue weighted by molar-refractivity contribution is 5.61. The topological polar surface area (TPSA) is 69.2 Å². The van der Waals surface area contributed by atoms with Crippen molar-refractivity contribution in [3.05, 3.63) is 29.8 Å². The van der Waals surface area contributed by atoms with Crippen LogP contribution in [-0.2, 0) is 10.3 Å². The quantitative estimate of drug-likeness (QED) is 0.862. The number of morpholine rings is 1. The largest absolute Gasteiger partial charge is 0.383 e. The maximum atomic E-state index is 5.94. The van der Waals surface area contributed by atoms with E-state index in [4.69, 9.17) is 15.5 Å². The number of rotatable bonds is 4. The average molecular weight is 394 g/mol. The molecule has 1 saturated heterocycles. The number of nitrogens with two attached hydrogens (primary N) is 1. The molecule has 6 heteroatoms. The second-order valence-corrected chi connectivity index (χ2v) is 9.84. The molecule has 6 nitrogen and oxygen atoms in total. The summed E-state index contributed by atoms with van der Waals surface area (Å²) in [5.41, 5.74) is 9.84. The lowest BCUT2D eigenvalue weighted by atomic mass is 9.43. The Morgan fingerprint density at radius 2 is 1.83 bits per heavy atom. The van der Waals surface area contributed by atoms with E-state index < -0.39 is 0 Å². The van der Waals surface area contributed by atoms with Crippen molar-refractivity contribution in [2.75, 3.05) is 32.0 Å². The van der Waals surface area contributed by atoms with Crippen molar-refractivity contribution in [3.8, 4) is 11.3 Å². The Hall–Kier alpha value is -1.92. The van der Waals surface area contributed by atoms with Gasteiger partial charge in [0.2, 0.25) is 0 Å². The number of hydrogen-bond acceptors (Lipinski definition) is 5. The van der Waals surface area contributed by atoms with Crippen molar-refractivity contribution in [2.24, 2.45) is 0 Å². The molecule has 0 aromatic carbocycles. The van der Waals surface area contributed by atoms with Gasteiger partial charge in [-0.1, -0.05) is 12.8 Å². The fourth-order valence-corrected chi connectivity index (χ4v) is 6.42. The molecular weight excluding hydrogens is 362 g/mol. The van der Waals surface area contributed by atoms with Crippen LogP contribution in [-0.4, -0.2) is 51.3 Å². The van der Waals surface area contributed by atoms with Crippen LogP contribution in [0.3, 0.4) is 0 Å². The Morgan fingerprint density at radius 1 is 1.10 bits per heavy atom. The first-order valence-corrected chi connectivity index (χ1v) is 11.2. The van der Waals surface area contributed by atoms with E-state index in [0.717, 1.165) is 43.1 Å². The highest BCUT2D eigenvalue weighted by Gasteiger charge is 2.71. The number of pyridine rings is 1. The van der Waals surface area contributed by atoms with Gasteiger partial charge in [0, 0.05) is 42.5 Å². The van der Waals surface area contributed by atoms with Crippen molar-refractivity contribution >= 4 is 5.82 Å². The zero-order valence-electron chi connectivity index (χ0n) is 17.4. The molecule has 4 saturated carbocycles. The van der Waals surface area contributed by atoms with Crippen LogP contribution in [0.2, 0.25) is 0 Å². The van der Waals surface area contributed by atoms with Crippen molar-refractivity contribution in [3.63, 3.8) is 0 Å². The SMILES string of the molecule is Cc1cc(-c2cn(C34CC(N5CCOCC5)(C3)C4)c(C3CCCC3)n2)cnc1N. The molecule has 5 aliphatic rings. The van der Waals surface area contributed by atoms with E-state index in [1.165, 1.54) is 50.8 Å². The van der Waals surface area contributed by atoms with Gasteiger partial charge in [-0.2, -0.15) is 0 Å². The fourth-order valence-electron chi connectivity index (χ4n) is 6.42. The van der Waals surface area contributed by atoms with Gasteiger partial charge in [-0.25, -0.2) is 9.97 Å². The van der Waals surface area contributed by atoms with Gasteiger partial charge in [-0.05, 0) is 50.7 Å². The van der Waals surface area contributed by atoms with Gasteiger partial charge in [0.25, 0.3) is 0 Å². The minimum absolute atomic E-state index is 0.289. The van der Waals surface area contributed by atoms with E-state index in [2.05, 4.69) is 26.7 Å². The molecule has 0 amide bonds. The normalized spacial score (nSPS) is 32.2. The zero-order chi connectivity index (χ0) is 19.6. The molecule has 2 aromatic rings. The number of aromatic nitrogens is 3. The number of nitrogens with zero attached hydrogens (tertiary/aromatic N) is 4. The van der Waals surface area contributed by atoms with Gasteiger partial charge in [0.15, 0.2) is 0 Å². The van der Waals surface area contributed by atoms with E-state index in [0.29, 0.717) is 17.3 Å². The van der Waals surface area contributed by atoms with Gasteiger partial charge in [-0.3, -0.25) is 4.90 Å². The lowest BCUT2D eigenvalue weighted by Gasteiger charge is -2.74. The molecule has 0 radical (unpaired) electrons. The van der Waals surface area contributed by atoms with E-state index in [1.54, 1.807) is 0 Å². The predicted octanol–water partition coefficient (Wildman–Crippen LogP) is 3.46. The molecule has 154 valence electrons. The number of aryl methyl sites for hydroxylation is 1. The molecule has 1 aliphatic heterocycles. The standard InChI is InChI=1S/C23H31N5O/c1-16-10-18(11-25-20(16)24)19-12-28(21(26-19)17-4-2-3-5-17)23-13-22(14-23,15-23)27-6-8-29-9-7-27/h10-12,17H,2-9,13-15H2,1H3,(H2,24,25). The van der Waals surface area contributed by atoms with Crippen molar-refractivity contribution in [1.29, 1.82) is 0 Å². The van der Waals surface area contributed by atoms with Crippen molar-refractivity contribution in [1.82, 2.24) is 19.4 Å². The fraction of sp³-hybridized carbons (Fsp3) is 0.652. The van der Waals surface area contributed by atoms with Crippen LogP contribution in [0.1, 0.15) is 62.3 Å². The maximum Gasteiger partial charge on any atom is 0.126 e. The maximum absolute atomic E-state index is 5.94. The second-order valence-electron chi connectivity index (χ2n) is 9.84. The number of imidazole rings is 1. The third-order valence-corrected chi connectivity index (χ3v) is 8.04. The summed E-state index contributed by atoms with van der Waals surface area (Å²) < 4.78 is 8.17. The molecule has 0 spiro atoms. The molecular formula is C23H31N5O. The molecule has 29 heavy (non-hydrogen) atoms. The Bertz CT molecular complexity index is 919. The minimum Gasteiger partial charge on any atom is -0.383 e. The van der Waals surface area contributed by atoms with Crippen LogP contribution in [0, 0.1) is 6.92 Å². The average Bonchev–Trinajstić information content (AvgIpc) is 3.33. The van der Waals surface area contributed by atoms with Crippen LogP contribution >= 0.6 is 0 Å². The minimum atomic E-state index is 0.289. The van der Waals surface area contributed by atoms with Crippen molar-refractivity contribution < 1.29 is 4.74 Å². The van der Waals surface area contributed by atoms with E-state index >= 15 is 0 Å². The van der Waals surface area contributed by atoms with Crippen LogP contribution < -0.4 is 5.73 Å². The predicted molar refractivity (Wildman–Crippen MR) is 113 cm³/mol. The Kier molecular flexibility index (Phi) is 3.88.